The van der Waals surface area contributed by atoms with Crippen LogP contribution < -0.4 is 5.32 Å². The Morgan fingerprint density at radius 2 is 1.43 bits per heavy atom. The molecule has 1 unspecified atom stereocenters. The highest BCUT2D eigenvalue weighted by Gasteiger charge is 2.21. The number of hydrogen-bond acceptors (Lipinski definition) is 7. The Labute approximate surface area is 218 Å². The van der Waals surface area contributed by atoms with Gasteiger partial charge in [-0.1, -0.05) is 59.7 Å². The zero-order valence-electron chi connectivity index (χ0n) is 20.6. The lowest BCUT2D eigenvalue weighted by molar-refractivity contribution is -0.123. The molecule has 1 amide bonds. The van der Waals surface area contributed by atoms with Gasteiger partial charge in [-0.15, -0.1) is 11.3 Å². The van der Waals surface area contributed by atoms with Crippen LogP contribution in [-0.2, 0) is 9.53 Å². The summed E-state index contributed by atoms with van der Waals surface area (Å²) in [6.07, 6.45) is 0.590. The summed E-state index contributed by atoms with van der Waals surface area (Å²) in [5.41, 5.74) is 7.17. The third-order valence-corrected chi connectivity index (χ3v) is 6.55. The monoisotopic (exact) mass is 508 g/mol. The minimum Gasteiger partial charge on any atom is -0.449 e. The average Bonchev–Trinajstić information content (AvgIpc) is 3.41. The molecule has 0 radical (unpaired) electrons. The number of fused-ring (bicyclic) bond motifs is 1. The third-order valence-electron chi connectivity index (χ3n) is 5.87. The number of aromatic nitrogens is 3. The number of nitrogens with one attached hydrogen (secondary N) is 1. The molecule has 3 aromatic carbocycles. The Balaban J connectivity index is 1.48. The molecule has 0 bridgehead atoms. The number of carbonyl (C=O) groups excluding carboxylic acids is 2. The molecule has 5 rings (SSSR count). The van der Waals surface area contributed by atoms with Gasteiger partial charge in [-0.3, -0.25) is 10.1 Å². The summed E-state index contributed by atoms with van der Waals surface area (Å²) in [6, 6.07) is 21.3. The average molecular weight is 509 g/mol. The van der Waals surface area contributed by atoms with E-state index in [0.717, 1.165) is 33.6 Å². The number of thiazole rings is 1. The first kappa shape index (κ1) is 24.3. The molecule has 0 aliphatic carbocycles. The molecule has 8 heteroatoms. The number of rotatable bonds is 6. The van der Waals surface area contributed by atoms with Crippen molar-refractivity contribution in [3.8, 4) is 22.5 Å². The van der Waals surface area contributed by atoms with Gasteiger partial charge in [0.15, 0.2) is 11.2 Å². The normalized spacial score (nSPS) is 11.8. The summed E-state index contributed by atoms with van der Waals surface area (Å²) >= 11 is 1.29. The molecule has 0 saturated heterocycles. The number of amides is 1. The summed E-state index contributed by atoms with van der Waals surface area (Å²) in [6.45, 7) is 5.60. The fourth-order valence-electron chi connectivity index (χ4n) is 3.78. The maximum atomic E-state index is 12.9. The summed E-state index contributed by atoms with van der Waals surface area (Å²) in [5, 5.41) is 4.83. The first-order valence-electron chi connectivity index (χ1n) is 11.7. The molecule has 1 atom stereocenters. The molecule has 37 heavy (non-hydrogen) atoms. The highest BCUT2D eigenvalue weighted by Crippen LogP contribution is 2.31. The van der Waals surface area contributed by atoms with Gasteiger partial charge in [0.2, 0.25) is 0 Å². The highest BCUT2D eigenvalue weighted by atomic mass is 32.1. The van der Waals surface area contributed by atoms with E-state index in [2.05, 4.69) is 10.3 Å². The lowest BCUT2D eigenvalue weighted by Gasteiger charge is -2.14. The molecule has 0 aliphatic rings. The van der Waals surface area contributed by atoms with Crippen molar-refractivity contribution in [1.29, 1.82) is 0 Å². The highest BCUT2D eigenvalue weighted by molar-refractivity contribution is 7.13. The van der Waals surface area contributed by atoms with Crippen molar-refractivity contribution in [2.75, 3.05) is 5.32 Å². The van der Waals surface area contributed by atoms with Crippen LogP contribution >= 0.6 is 11.3 Å². The van der Waals surface area contributed by atoms with Crippen LogP contribution in [0.4, 0.5) is 5.13 Å². The largest absolute Gasteiger partial charge is 0.449 e. The summed E-state index contributed by atoms with van der Waals surface area (Å²) in [5.74, 6) is -1.07. The standard InChI is InChI=1S/C29H24N4O3S/c1-17-4-8-20(9-5-17)25-26(21-10-6-18(2)7-11-21)32-24-16-22(12-13-23(24)31-25)28(35)36-19(3)27(34)33-29-30-14-15-37-29/h4-16,19H,1-3H3,(H,30,33,34). The van der Waals surface area contributed by atoms with Crippen molar-refractivity contribution < 1.29 is 14.3 Å². The van der Waals surface area contributed by atoms with Crippen LogP contribution in [0.5, 0.6) is 0 Å². The van der Waals surface area contributed by atoms with Gasteiger partial charge in [0.25, 0.3) is 5.91 Å². The predicted molar refractivity (Wildman–Crippen MR) is 146 cm³/mol. The number of benzene rings is 3. The van der Waals surface area contributed by atoms with E-state index in [1.54, 1.807) is 29.8 Å². The topological polar surface area (TPSA) is 94.1 Å². The Bertz CT molecular complexity index is 1580. The van der Waals surface area contributed by atoms with Crippen LogP contribution in [0.3, 0.4) is 0 Å². The molecular formula is C29H24N4O3S. The van der Waals surface area contributed by atoms with E-state index < -0.39 is 18.0 Å². The zero-order valence-corrected chi connectivity index (χ0v) is 21.4. The van der Waals surface area contributed by atoms with Gasteiger partial charge in [-0.25, -0.2) is 19.7 Å². The molecule has 5 aromatic rings. The number of nitrogens with zero attached hydrogens (tertiary/aromatic N) is 3. The Morgan fingerprint density at radius 1 is 0.838 bits per heavy atom. The minimum atomic E-state index is -0.995. The molecule has 2 aromatic heterocycles. The number of aryl methyl sites for hydroxylation is 2. The summed E-state index contributed by atoms with van der Waals surface area (Å²) in [7, 11) is 0. The van der Waals surface area contributed by atoms with Crippen LogP contribution in [0.2, 0.25) is 0 Å². The van der Waals surface area contributed by atoms with Crippen LogP contribution in [0.25, 0.3) is 33.5 Å². The Morgan fingerprint density at radius 3 is 2.00 bits per heavy atom. The van der Waals surface area contributed by atoms with Crippen molar-refractivity contribution in [2.45, 2.75) is 26.9 Å². The van der Waals surface area contributed by atoms with E-state index >= 15 is 0 Å². The minimum absolute atomic E-state index is 0.286. The van der Waals surface area contributed by atoms with Crippen LogP contribution in [0.1, 0.15) is 28.4 Å². The predicted octanol–water partition coefficient (Wildman–Crippen LogP) is 6.22. The summed E-state index contributed by atoms with van der Waals surface area (Å²) < 4.78 is 5.41. The molecule has 1 N–H and O–H groups in total. The van der Waals surface area contributed by atoms with Crippen LogP contribution in [0.15, 0.2) is 78.3 Å². The van der Waals surface area contributed by atoms with Gasteiger partial charge >= 0.3 is 5.97 Å². The number of ether oxygens (including phenoxy) is 1. The molecule has 0 aliphatic heterocycles. The quantitative estimate of drug-likeness (QED) is 0.274. The summed E-state index contributed by atoms with van der Waals surface area (Å²) in [4.78, 5) is 39.1. The van der Waals surface area contributed by atoms with E-state index in [1.807, 2.05) is 62.4 Å². The molecular weight excluding hydrogens is 484 g/mol. The maximum Gasteiger partial charge on any atom is 0.338 e. The SMILES string of the molecule is Cc1ccc(-c2nc3ccc(C(=O)OC(C)C(=O)Nc4nccs4)cc3nc2-c2ccc(C)cc2)cc1. The van der Waals surface area contributed by atoms with Crippen molar-refractivity contribution in [2.24, 2.45) is 0 Å². The third kappa shape index (κ3) is 5.39. The zero-order chi connectivity index (χ0) is 25.9. The number of esters is 1. The van der Waals surface area contributed by atoms with E-state index in [9.17, 15) is 9.59 Å². The van der Waals surface area contributed by atoms with Gasteiger partial charge in [0.05, 0.1) is 28.0 Å². The molecule has 0 spiro atoms. The van der Waals surface area contributed by atoms with Gasteiger partial charge in [-0.05, 0) is 39.0 Å². The van der Waals surface area contributed by atoms with Crippen LogP contribution in [-0.4, -0.2) is 32.9 Å². The molecule has 184 valence electrons. The van der Waals surface area contributed by atoms with E-state index in [-0.39, 0.29) is 5.56 Å². The second kappa shape index (κ2) is 10.3. The second-order valence-corrected chi connectivity index (χ2v) is 9.62. The fraction of sp³-hybridized carbons (Fsp3) is 0.138. The van der Waals surface area contributed by atoms with Crippen molar-refractivity contribution in [1.82, 2.24) is 15.0 Å². The van der Waals surface area contributed by atoms with E-state index in [4.69, 9.17) is 14.7 Å². The smallest absolute Gasteiger partial charge is 0.338 e. The lowest BCUT2D eigenvalue weighted by atomic mass is 10.0. The van der Waals surface area contributed by atoms with Crippen molar-refractivity contribution in [3.05, 3.63) is 95.0 Å². The Hall–Kier alpha value is -4.43. The molecule has 0 fully saturated rings. The maximum absolute atomic E-state index is 12.9. The molecule has 0 saturated carbocycles. The second-order valence-electron chi connectivity index (χ2n) is 8.73. The van der Waals surface area contributed by atoms with Gasteiger partial charge < -0.3 is 4.74 Å². The van der Waals surface area contributed by atoms with Gasteiger partial charge in [0.1, 0.15) is 0 Å². The first-order chi connectivity index (χ1) is 17.9. The molecule has 2 heterocycles. The van der Waals surface area contributed by atoms with Gasteiger partial charge in [-0.2, -0.15) is 0 Å². The molecule has 7 nitrogen and oxygen atoms in total. The van der Waals surface area contributed by atoms with Gasteiger partial charge in [0, 0.05) is 22.7 Å². The Kier molecular flexibility index (Phi) is 6.74. The van der Waals surface area contributed by atoms with Crippen molar-refractivity contribution >= 4 is 39.4 Å². The number of hydrogen-bond donors (Lipinski definition) is 1. The van der Waals surface area contributed by atoms with E-state index in [0.29, 0.717) is 16.2 Å². The fourth-order valence-corrected chi connectivity index (χ4v) is 4.31. The number of carbonyl (C=O) groups is 2. The first-order valence-corrected chi connectivity index (χ1v) is 12.6. The van der Waals surface area contributed by atoms with Crippen LogP contribution in [0, 0.1) is 13.8 Å². The lowest BCUT2D eigenvalue weighted by Crippen LogP contribution is -2.29. The number of anilines is 1. The van der Waals surface area contributed by atoms with Crippen molar-refractivity contribution in [3.63, 3.8) is 0 Å². The van der Waals surface area contributed by atoms with E-state index in [1.165, 1.54) is 18.3 Å².